The molecule has 27 heavy (non-hydrogen) atoms. The molecule has 8 nitrogen and oxygen atoms in total. The van der Waals surface area contributed by atoms with Crippen LogP contribution >= 0.6 is 0 Å². The van der Waals surface area contributed by atoms with Gasteiger partial charge in [0.1, 0.15) is 12.1 Å². The molecule has 0 aliphatic carbocycles. The number of nitrogens with zero attached hydrogens (tertiary/aromatic N) is 5. The van der Waals surface area contributed by atoms with Crippen LogP contribution in [0.1, 0.15) is 11.5 Å². The summed E-state index contributed by atoms with van der Waals surface area (Å²) in [6.07, 6.45) is -3.13. The normalized spacial score (nSPS) is 12.3. The van der Waals surface area contributed by atoms with Crippen LogP contribution in [0.2, 0.25) is 0 Å². The zero-order valence-electron chi connectivity index (χ0n) is 14.1. The number of aromatic nitrogens is 5. The van der Waals surface area contributed by atoms with E-state index in [1.165, 1.54) is 35.6 Å². The summed E-state index contributed by atoms with van der Waals surface area (Å²) < 4.78 is 47.6. The summed E-state index contributed by atoms with van der Waals surface area (Å²) >= 11 is 0. The number of alkyl halides is 3. The van der Waals surface area contributed by atoms with E-state index in [0.29, 0.717) is 0 Å². The molecule has 0 aliphatic rings. The minimum absolute atomic E-state index is 0.0278. The number of oxazole rings is 1. The summed E-state index contributed by atoms with van der Waals surface area (Å²) in [5, 5.41) is 0. The minimum atomic E-state index is -4.48. The summed E-state index contributed by atoms with van der Waals surface area (Å²) in [4.78, 5) is 32.5. The largest absolute Gasteiger partial charge is 0.439 e. The quantitative estimate of drug-likeness (QED) is 0.528. The number of halogens is 3. The molecule has 0 radical (unpaired) electrons. The lowest BCUT2D eigenvalue weighted by atomic mass is 10.2. The Balaban J connectivity index is 1.81. The number of aryl methyl sites for hydroxylation is 1. The van der Waals surface area contributed by atoms with Crippen molar-refractivity contribution in [1.82, 2.24) is 23.7 Å². The first-order valence-corrected chi connectivity index (χ1v) is 7.74. The van der Waals surface area contributed by atoms with E-state index in [0.717, 1.165) is 16.7 Å². The summed E-state index contributed by atoms with van der Waals surface area (Å²) in [6.45, 7) is -0.0278. The van der Waals surface area contributed by atoms with Gasteiger partial charge in [-0.15, -0.1) is 0 Å². The lowest BCUT2D eigenvalue weighted by Gasteiger charge is -2.04. The van der Waals surface area contributed by atoms with Crippen LogP contribution in [0.4, 0.5) is 13.2 Å². The van der Waals surface area contributed by atoms with Crippen molar-refractivity contribution in [3.05, 3.63) is 56.8 Å². The van der Waals surface area contributed by atoms with Crippen molar-refractivity contribution in [3.8, 4) is 0 Å². The third-order valence-corrected chi connectivity index (χ3v) is 4.28. The van der Waals surface area contributed by atoms with Gasteiger partial charge in [-0.3, -0.25) is 13.9 Å². The maximum atomic E-state index is 12.8. The Morgan fingerprint density at radius 3 is 2.59 bits per heavy atom. The van der Waals surface area contributed by atoms with Gasteiger partial charge in [0, 0.05) is 14.1 Å². The zero-order valence-corrected chi connectivity index (χ0v) is 14.1. The zero-order chi connectivity index (χ0) is 19.5. The van der Waals surface area contributed by atoms with Crippen molar-refractivity contribution in [2.45, 2.75) is 12.7 Å². The predicted molar refractivity (Wildman–Crippen MR) is 88.3 cm³/mol. The fourth-order valence-corrected chi connectivity index (χ4v) is 2.88. The first-order chi connectivity index (χ1) is 12.7. The van der Waals surface area contributed by atoms with E-state index in [2.05, 4.69) is 9.97 Å². The third-order valence-electron chi connectivity index (χ3n) is 4.28. The van der Waals surface area contributed by atoms with E-state index in [9.17, 15) is 22.8 Å². The summed E-state index contributed by atoms with van der Waals surface area (Å²) in [7, 11) is 2.83. The van der Waals surface area contributed by atoms with Gasteiger partial charge in [-0.2, -0.15) is 13.2 Å². The van der Waals surface area contributed by atoms with Crippen LogP contribution in [0, 0.1) is 0 Å². The highest BCUT2D eigenvalue weighted by atomic mass is 19.4. The van der Waals surface area contributed by atoms with Crippen LogP contribution < -0.4 is 11.2 Å². The second kappa shape index (κ2) is 5.56. The van der Waals surface area contributed by atoms with Crippen LogP contribution in [0.3, 0.4) is 0 Å². The van der Waals surface area contributed by atoms with E-state index in [1.54, 1.807) is 0 Å². The van der Waals surface area contributed by atoms with Gasteiger partial charge in [0.05, 0.1) is 11.9 Å². The number of rotatable bonds is 2. The molecular formula is C16H12F3N5O3. The second-order valence-electron chi connectivity index (χ2n) is 6.04. The maximum Gasteiger partial charge on any atom is 0.416 e. The molecular weight excluding hydrogens is 367 g/mol. The van der Waals surface area contributed by atoms with Crippen molar-refractivity contribution in [2.75, 3.05) is 0 Å². The van der Waals surface area contributed by atoms with Gasteiger partial charge < -0.3 is 8.98 Å². The Labute approximate surface area is 148 Å². The van der Waals surface area contributed by atoms with E-state index >= 15 is 0 Å². The van der Waals surface area contributed by atoms with Crippen LogP contribution in [-0.2, 0) is 26.8 Å². The molecule has 0 bridgehead atoms. The lowest BCUT2D eigenvalue weighted by Crippen LogP contribution is -2.37. The first-order valence-electron chi connectivity index (χ1n) is 7.74. The molecule has 3 heterocycles. The average molecular weight is 379 g/mol. The maximum absolute atomic E-state index is 12.8. The number of hydrogen-bond acceptors (Lipinski definition) is 5. The molecule has 4 rings (SSSR count). The molecule has 0 saturated carbocycles. The van der Waals surface area contributed by atoms with Crippen molar-refractivity contribution in [3.63, 3.8) is 0 Å². The Bertz CT molecular complexity index is 1310. The topological polar surface area (TPSA) is 87.8 Å². The molecule has 1 aromatic carbocycles. The molecule has 4 aromatic rings. The Hall–Kier alpha value is -3.37. The lowest BCUT2D eigenvalue weighted by molar-refractivity contribution is -0.137. The van der Waals surface area contributed by atoms with Gasteiger partial charge in [0.2, 0.25) is 5.89 Å². The predicted octanol–water partition coefficient (Wildman–Crippen LogP) is 1.64. The molecule has 0 amide bonds. The van der Waals surface area contributed by atoms with Crippen molar-refractivity contribution < 1.29 is 17.6 Å². The highest BCUT2D eigenvalue weighted by Gasteiger charge is 2.31. The highest BCUT2D eigenvalue weighted by Crippen LogP contribution is 2.31. The smallest absolute Gasteiger partial charge is 0.416 e. The number of hydrogen-bond donors (Lipinski definition) is 0. The summed E-state index contributed by atoms with van der Waals surface area (Å²) in [5.74, 6) is 0.111. The number of benzene rings is 1. The fourth-order valence-electron chi connectivity index (χ4n) is 2.88. The molecule has 0 N–H and O–H groups in total. The standard InChI is InChI=1S/C16H12F3N5O3/c1-22-13-12(14(25)23(2)15(22)26)24(7-20-13)6-11-21-9-5-8(16(17,18)19)3-4-10(9)27-11/h3-5,7H,6H2,1-2H3. The minimum Gasteiger partial charge on any atom is -0.439 e. The summed E-state index contributed by atoms with van der Waals surface area (Å²) in [6, 6.07) is 3.01. The van der Waals surface area contributed by atoms with Gasteiger partial charge in [-0.05, 0) is 18.2 Å². The van der Waals surface area contributed by atoms with E-state index in [4.69, 9.17) is 4.42 Å². The Kier molecular flexibility index (Phi) is 3.52. The average Bonchev–Trinajstić information content (AvgIpc) is 3.20. The highest BCUT2D eigenvalue weighted by molar-refractivity contribution is 5.74. The SMILES string of the molecule is Cn1c(=O)c2c(ncn2Cc2nc3cc(C(F)(F)F)ccc3o2)n(C)c1=O. The van der Waals surface area contributed by atoms with Crippen molar-refractivity contribution >= 4 is 22.3 Å². The molecule has 0 saturated heterocycles. The van der Waals surface area contributed by atoms with Gasteiger partial charge >= 0.3 is 11.9 Å². The second-order valence-corrected chi connectivity index (χ2v) is 6.04. The van der Waals surface area contributed by atoms with Crippen LogP contribution in [-0.4, -0.2) is 23.7 Å². The van der Waals surface area contributed by atoms with Gasteiger partial charge in [0.15, 0.2) is 16.7 Å². The molecule has 3 aromatic heterocycles. The van der Waals surface area contributed by atoms with Crippen LogP contribution in [0.15, 0.2) is 38.5 Å². The number of imidazole rings is 1. The van der Waals surface area contributed by atoms with E-state index < -0.39 is 23.0 Å². The molecule has 0 fully saturated rings. The molecule has 0 aliphatic heterocycles. The fraction of sp³-hybridized carbons (Fsp3) is 0.250. The summed E-state index contributed by atoms with van der Waals surface area (Å²) in [5.41, 5.74) is -1.27. The van der Waals surface area contributed by atoms with Crippen LogP contribution in [0.25, 0.3) is 22.3 Å². The van der Waals surface area contributed by atoms with Crippen LogP contribution in [0.5, 0.6) is 0 Å². The number of fused-ring (bicyclic) bond motifs is 2. The Morgan fingerprint density at radius 1 is 1.15 bits per heavy atom. The monoisotopic (exact) mass is 379 g/mol. The van der Waals surface area contributed by atoms with Gasteiger partial charge in [-0.25, -0.2) is 14.8 Å². The van der Waals surface area contributed by atoms with Crippen molar-refractivity contribution in [2.24, 2.45) is 14.1 Å². The Morgan fingerprint density at radius 2 is 1.89 bits per heavy atom. The van der Waals surface area contributed by atoms with Gasteiger partial charge in [-0.1, -0.05) is 0 Å². The first kappa shape index (κ1) is 17.1. The molecule has 0 unspecified atom stereocenters. The van der Waals surface area contributed by atoms with E-state index in [-0.39, 0.29) is 34.7 Å². The van der Waals surface area contributed by atoms with Gasteiger partial charge in [0.25, 0.3) is 5.56 Å². The molecule has 0 atom stereocenters. The van der Waals surface area contributed by atoms with E-state index in [1.807, 2.05) is 0 Å². The van der Waals surface area contributed by atoms with Crippen molar-refractivity contribution in [1.29, 1.82) is 0 Å². The third kappa shape index (κ3) is 2.62. The molecule has 0 spiro atoms. The molecule has 140 valence electrons. The molecule has 11 heteroatoms.